The zero-order valence-electron chi connectivity index (χ0n) is 17.1. The fourth-order valence-corrected chi connectivity index (χ4v) is 4.51. The Bertz CT molecular complexity index is 1050. The van der Waals surface area contributed by atoms with Crippen LogP contribution in [0.15, 0.2) is 34.9 Å². The zero-order valence-corrected chi connectivity index (χ0v) is 17.1. The topological polar surface area (TPSA) is 59.2 Å². The van der Waals surface area contributed by atoms with Crippen LogP contribution in [-0.2, 0) is 6.42 Å². The molecule has 1 aromatic carbocycles. The van der Waals surface area contributed by atoms with Crippen LogP contribution in [0.1, 0.15) is 64.5 Å². The van der Waals surface area contributed by atoms with Crippen LogP contribution in [0.4, 0.5) is 0 Å². The summed E-state index contributed by atoms with van der Waals surface area (Å²) in [6, 6.07) is 10.8. The molecule has 0 bridgehead atoms. The van der Waals surface area contributed by atoms with Crippen LogP contribution in [0.25, 0.3) is 11.1 Å². The van der Waals surface area contributed by atoms with Crippen molar-refractivity contribution in [2.45, 2.75) is 51.9 Å². The van der Waals surface area contributed by atoms with Crippen molar-refractivity contribution in [1.82, 2.24) is 15.0 Å². The number of pyridine rings is 1. The van der Waals surface area contributed by atoms with Gasteiger partial charge in [0.25, 0.3) is 11.6 Å². The summed E-state index contributed by atoms with van der Waals surface area (Å²) in [6.45, 7) is 5.62. The molecule has 0 unspecified atom stereocenters. The smallest absolute Gasteiger partial charge is 0.259 e. The van der Waals surface area contributed by atoms with Crippen LogP contribution in [0.3, 0.4) is 0 Å². The number of amides is 1. The summed E-state index contributed by atoms with van der Waals surface area (Å²) < 4.78 is 5.42. The van der Waals surface area contributed by atoms with Gasteiger partial charge in [0, 0.05) is 24.7 Å². The number of carbonyl (C=O) groups is 1. The highest BCUT2D eigenvalue weighted by molar-refractivity contribution is 6.06. The van der Waals surface area contributed by atoms with Crippen molar-refractivity contribution in [3.05, 3.63) is 58.4 Å². The predicted molar refractivity (Wildman–Crippen MR) is 112 cm³/mol. The first-order chi connectivity index (χ1) is 14.1. The standard InChI is InChI=1S/C24H27N3O2/c1-15-5-7-17(8-6-15)12-18-4-3-11-27(14-18)24(28)20-13-21(19-9-10-19)25-23-22(20)16(2)26-29-23/h5-8,13,18-19H,3-4,9-12,14H2,1-2H3/t18-/m0/s1. The predicted octanol–water partition coefficient (Wildman–Crippen LogP) is 4.81. The van der Waals surface area contributed by atoms with Crippen LogP contribution in [0, 0.1) is 19.8 Å². The Morgan fingerprint density at radius 3 is 2.72 bits per heavy atom. The molecule has 1 saturated carbocycles. The number of hydrogen-bond acceptors (Lipinski definition) is 4. The van der Waals surface area contributed by atoms with Crippen molar-refractivity contribution < 1.29 is 9.32 Å². The van der Waals surface area contributed by atoms with Gasteiger partial charge in [-0.3, -0.25) is 4.79 Å². The maximum absolute atomic E-state index is 13.5. The summed E-state index contributed by atoms with van der Waals surface area (Å²) in [5.74, 6) is 1.06. The molecule has 1 aliphatic carbocycles. The van der Waals surface area contributed by atoms with Crippen molar-refractivity contribution in [3.63, 3.8) is 0 Å². The SMILES string of the molecule is Cc1ccc(C[C@@H]2CCCN(C(=O)c3cc(C4CC4)nc4onc(C)c34)C2)cc1. The molecule has 0 radical (unpaired) electrons. The third-order valence-corrected chi connectivity index (χ3v) is 6.31. The monoisotopic (exact) mass is 389 g/mol. The van der Waals surface area contributed by atoms with E-state index in [1.54, 1.807) is 0 Å². The summed E-state index contributed by atoms with van der Waals surface area (Å²) in [5, 5.41) is 4.85. The van der Waals surface area contributed by atoms with Crippen molar-refractivity contribution in [3.8, 4) is 0 Å². The average molecular weight is 389 g/mol. The minimum atomic E-state index is 0.0965. The first kappa shape index (κ1) is 18.3. The molecule has 150 valence electrons. The molecule has 5 rings (SSSR count). The first-order valence-electron chi connectivity index (χ1n) is 10.7. The summed E-state index contributed by atoms with van der Waals surface area (Å²) in [7, 11) is 0. The van der Waals surface area contributed by atoms with Crippen LogP contribution < -0.4 is 0 Å². The molecule has 2 aliphatic rings. The van der Waals surface area contributed by atoms with Crippen LogP contribution in [0.2, 0.25) is 0 Å². The molecule has 3 aromatic rings. The summed E-state index contributed by atoms with van der Waals surface area (Å²) >= 11 is 0. The highest BCUT2D eigenvalue weighted by Gasteiger charge is 2.31. The van der Waals surface area contributed by atoms with Crippen molar-refractivity contribution in [1.29, 1.82) is 0 Å². The van der Waals surface area contributed by atoms with E-state index in [4.69, 9.17) is 4.52 Å². The zero-order chi connectivity index (χ0) is 20.0. The molecule has 0 N–H and O–H groups in total. The van der Waals surface area contributed by atoms with E-state index in [0.29, 0.717) is 23.1 Å². The van der Waals surface area contributed by atoms with Crippen molar-refractivity contribution in [2.75, 3.05) is 13.1 Å². The van der Waals surface area contributed by atoms with Crippen molar-refractivity contribution >= 4 is 17.0 Å². The molecule has 3 heterocycles. The second kappa shape index (κ2) is 7.29. The number of benzene rings is 1. The fraction of sp³-hybridized carbons (Fsp3) is 0.458. The second-order valence-corrected chi connectivity index (χ2v) is 8.77. The number of aryl methyl sites for hydroxylation is 2. The molecule has 1 aliphatic heterocycles. The van der Waals surface area contributed by atoms with E-state index in [1.165, 1.54) is 17.5 Å². The number of likely N-dealkylation sites (tertiary alicyclic amines) is 1. The van der Waals surface area contributed by atoms with Gasteiger partial charge in [-0.25, -0.2) is 4.98 Å². The maximum atomic E-state index is 13.5. The number of hydrogen-bond donors (Lipinski definition) is 0. The molecule has 1 amide bonds. The molecular weight excluding hydrogens is 362 g/mol. The van der Waals surface area contributed by atoms with Crippen LogP contribution in [-0.4, -0.2) is 34.0 Å². The third-order valence-electron chi connectivity index (χ3n) is 6.31. The minimum absolute atomic E-state index is 0.0965. The molecule has 1 atom stereocenters. The lowest BCUT2D eigenvalue weighted by molar-refractivity contribution is 0.0675. The minimum Gasteiger partial charge on any atom is -0.338 e. The summed E-state index contributed by atoms with van der Waals surface area (Å²) in [6.07, 6.45) is 5.52. The molecule has 0 spiro atoms. The lowest BCUT2D eigenvalue weighted by Gasteiger charge is -2.33. The van der Waals surface area contributed by atoms with E-state index in [9.17, 15) is 4.79 Å². The van der Waals surface area contributed by atoms with Gasteiger partial charge in [0.2, 0.25) is 0 Å². The highest BCUT2D eigenvalue weighted by Crippen LogP contribution is 2.40. The van der Waals surface area contributed by atoms with Gasteiger partial charge < -0.3 is 9.42 Å². The lowest BCUT2D eigenvalue weighted by Crippen LogP contribution is -2.40. The normalized spacial score (nSPS) is 19.7. The van der Waals surface area contributed by atoms with E-state index in [0.717, 1.165) is 55.5 Å². The highest BCUT2D eigenvalue weighted by atomic mass is 16.5. The second-order valence-electron chi connectivity index (χ2n) is 8.77. The average Bonchev–Trinajstić information content (AvgIpc) is 3.52. The van der Waals surface area contributed by atoms with Gasteiger partial charge in [-0.15, -0.1) is 0 Å². The summed E-state index contributed by atoms with van der Waals surface area (Å²) in [4.78, 5) is 20.2. The van der Waals surface area contributed by atoms with Gasteiger partial charge in [-0.1, -0.05) is 35.0 Å². The van der Waals surface area contributed by atoms with E-state index in [-0.39, 0.29) is 5.91 Å². The Kier molecular flexibility index (Phi) is 4.61. The molecule has 2 fully saturated rings. The number of carbonyl (C=O) groups excluding carboxylic acids is 1. The summed E-state index contributed by atoms with van der Waals surface area (Å²) in [5.41, 5.74) is 5.57. The van der Waals surface area contributed by atoms with Gasteiger partial charge in [-0.05, 0) is 63.5 Å². The molecule has 1 saturated heterocycles. The number of rotatable bonds is 4. The van der Waals surface area contributed by atoms with Crippen LogP contribution >= 0.6 is 0 Å². The lowest BCUT2D eigenvalue weighted by atomic mass is 9.90. The Labute approximate surface area is 171 Å². The molecular formula is C24H27N3O2. The molecule has 5 nitrogen and oxygen atoms in total. The largest absolute Gasteiger partial charge is 0.338 e. The third kappa shape index (κ3) is 3.66. The molecule has 29 heavy (non-hydrogen) atoms. The molecule has 2 aromatic heterocycles. The van der Waals surface area contributed by atoms with Gasteiger partial charge in [0.15, 0.2) is 0 Å². The van der Waals surface area contributed by atoms with E-state index >= 15 is 0 Å². The fourth-order valence-electron chi connectivity index (χ4n) is 4.51. The van der Waals surface area contributed by atoms with Gasteiger partial charge >= 0.3 is 0 Å². The number of fused-ring (bicyclic) bond motifs is 1. The Hall–Kier alpha value is -2.69. The van der Waals surface area contributed by atoms with Gasteiger partial charge in [0.1, 0.15) is 0 Å². The number of nitrogens with zero attached hydrogens (tertiary/aromatic N) is 3. The van der Waals surface area contributed by atoms with Crippen molar-refractivity contribution in [2.24, 2.45) is 5.92 Å². The Morgan fingerprint density at radius 1 is 1.17 bits per heavy atom. The first-order valence-corrected chi connectivity index (χ1v) is 10.7. The molecule has 5 heteroatoms. The number of aromatic nitrogens is 2. The maximum Gasteiger partial charge on any atom is 0.259 e. The van der Waals surface area contributed by atoms with Gasteiger partial charge in [-0.2, -0.15) is 0 Å². The van der Waals surface area contributed by atoms with E-state index < -0.39 is 0 Å². The Morgan fingerprint density at radius 2 is 1.97 bits per heavy atom. The van der Waals surface area contributed by atoms with E-state index in [2.05, 4.69) is 41.3 Å². The van der Waals surface area contributed by atoms with Gasteiger partial charge in [0.05, 0.1) is 16.6 Å². The van der Waals surface area contributed by atoms with E-state index in [1.807, 2.05) is 17.9 Å². The van der Waals surface area contributed by atoms with Crippen LogP contribution in [0.5, 0.6) is 0 Å². The Balaban J connectivity index is 1.40. The quantitative estimate of drug-likeness (QED) is 0.642. The number of piperidine rings is 1.